The lowest BCUT2D eigenvalue weighted by atomic mass is 9.90. The van der Waals surface area contributed by atoms with Crippen LogP contribution >= 0.6 is 22.9 Å². The summed E-state index contributed by atoms with van der Waals surface area (Å²) in [5.41, 5.74) is -0.0297. The Morgan fingerprint density at radius 1 is 1.37 bits per heavy atom. The van der Waals surface area contributed by atoms with Crippen LogP contribution in [0.2, 0.25) is 4.34 Å². The molecular formula is C15H24ClNOS. The molecule has 1 N–H and O–H groups in total. The smallest absolute Gasteiger partial charge is 0.0931 e. The van der Waals surface area contributed by atoms with E-state index in [1.54, 1.807) is 11.3 Å². The van der Waals surface area contributed by atoms with Gasteiger partial charge in [0.25, 0.3) is 0 Å². The molecule has 0 bridgehead atoms. The van der Waals surface area contributed by atoms with Crippen molar-refractivity contribution in [3.63, 3.8) is 0 Å². The summed E-state index contributed by atoms with van der Waals surface area (Å²) in [6.07, 6.45) is 5.97. The van der Waals surface area contributed by atoms with Crippen LogP contribution in [0.25, 0.3) is 0 Å². The summed E-state index contributed by atoms with van der Waals surface area (Å²) in [7, 11) is 0. The maximum atomic E-state index is 6.21. The Kier molecular flexibility index (Phi) is 5.70. The Bertz CT molecular complexity index is 387. The van der Waals surface area contributed by atoms with Gasteiger partial charge in [0, 0.05) is 11.5 Å². The van der Waals surface area contributed by atoms with Crippen LogP contribution in [0.1, 0.15) is 56.9 Å². The third-order valence-electron chi connectivity index (χ3n) is 3.88. The standard InChI is InChI=1S/C15H24ClNOS/c1-3-11-17-14(12-7-8-13(16)19-12)15(18-4-2)9-5-6-10-15/h7-8,14,17H,3-6,9-11H2,1-2H3. The number of thiophene rings is 1. The fraction of sp³-hybridized carbons (Fsp3) is 0.733. The monoisotopic (exact) mass is 301 g/mol. The predicted octanol–water partition coefficient (Wildman–Crippen LogP) is 4.79. The van der Waals surface area contributed by atoms with Crippen LogP contribution in [0.3, 0.4) is 0 Å². The molecule has 1 atom stereocenters. The van der Waals surface area contributed by atoms with E-state index in [1.165, 1.54) is 17.7 Å². The summed E-state index contributed by atoms with van der Waals surface area (Å²) in [5, 5.41) is 3.69. The third-order valence-corrected chi connectivity index (χ3v) is 5.18. The molecule has 108 valence electrons. The van der Waals surface area contributed by atoms with Gasteiger partial charge >= 0.3 is 0 Å². The number of halogens is 1. The van der Waals surface area contributed by atoms with Gasteiger partial charge in [0.1, 0.15) is 0 Å². The Labute approximate surface area is 125 Å². The van der Waals surface area contributed by atoms with E-state index < -0.39 is 0 Å². The lowest BCUT2D eigenvalue weighted by Gasteiger charge is -2.37. The minimum absolute atomic E-state index is 0.0297. The van der Waals surface area contributed by atoms with E-state index in [4.69, 9.17) is 16.3 Å². The van der Waals surface area contributed by atoms with Crippen molar-refractivity contribution in [2.45, 2.75) is 57.6 Å². The van der Waals surface area contributed by atoms with Gasteiger partial charge in [-0.3, -0.25) is 0 Å². The van der Waals surface area contributed by atoms with Crippen molar-refractivity contribution in [3.8, 4) is 0 Å². The molecule has 1 aliphatic carbocycles. The van der Waals surface area contributed by atoms with Gasteiger partial charge in [0.05, 0.1) is 16.0 Å². The predicted molar refractivity (Wildman–Crippen MR) is 83.2 cm³/mol. The van der Waals surface area contributed by atoms with Gasteiger partial charge in [-0.2, -0.15) is 0 Å². The van der Waals surface area contributed by atoms with E-state index >= 15 is 0 Å². The molecule has 0 amide bonds. The lowest BCUT2D eigenvalue weighted by Crippen LogP contribution is -2.44. The quantitative estimate of drug-likeness (QED) is 0.781. The molecule has 1 fully saturated rings. The first-order chi connectivity index (χ1) is 9.22. The van der Waals surface area contributed by atoms with Gasteiger partial charge < -0.3 is 10.1 Å². The minimum Gasteiger partial charge on any atom is -0.373 e. The van der Waals surface area contributed by atoms with Crippen LogP contribution < -0.4 is 5.32 Å². The van der Waals surface area contributed by atoms with Gasteiger partial charge in [-0.25, -0.2) is 0 Å². The lowest BCUT2D eigenvalue weighted by molar-refractivity contribution is -0.0617. The fourth-order valence-electron chi connectivity index (χ4n) is 3.10. The highest BCUT2D eigenvalue weighted by atomic mass is 35.5. The van der Waals surface area contributed by atoms with Crippen molar-refractivity contribution in [1.29, 1.82) is 0 Å². The van der Waals surface area contributed by atoms with Gasteiger partial charge in [0.2, 0.25) is 0 Å². The first-order valence-electron chi connectivity index (χ1n) is 7.34. The molecule has 1 heterocycles. The van der Waals surface area contributed by atoms with E-state index in [0.29, 0.717) is 0 Å². The van der Waals surface area contributed by atoms with Crippen molar-refractivity contribution in [2.24, 2.45) is 0 Å². The Morgan fingerprint density at radius 3 is 2.63 bits per heavy atom. The Hall–Kier alpha value is -0.0900. The maximum absolute atomic E-state index is 6.21. The minimum atomic E-state index is -0.0297. The average Bonchev–Trinajstić information content (AvgIpc) is 3.01. The molecule has 2 nitrogen and oxygen atoms in total. The second-order valence-corrected chi connectivity index (χ2v) is 6.98. The second-order valence-electron chi connectivity index (χ2n) is 5.23. The SMILES string of the molecule is CCCNC(c1ccc(Cl)s1)C1(OCC)CCCC1. The van der Waals surface area contributed by atoms with Crippen molar-refractivity contribution >= 4 is 22.9 Å². The average molecular weight is 302 g/mol. The highest BCUT2D eigenvalue weighted by Crippen LogP contribution is 2.45. The molecule has 1 saturated carbocycles. The molecule has 4 heteroatoms. The normalized spacial score (nSPS) is 19.7. The summed E-state index contributed by atoms with van der Waals surface area (Å²) in [6, 6.07) is 4.43. The van der Waals surface area contributed by atoms with Crippen molar-refractivity contribution in [2.75, 3.05) is 13.2 Å². The molecule has 0 saturated heterocycles. The van der Waals surface area contributed by atoms with Crippen LogP contribution in [0, 0.1) is 0 Å². The number of hydrogen-bond acceptors (Lipinski definition) is 3. The summed E-state index contributed by atoms with van der Waals surface area (Å²) in [4.78, 5) is 1.31. The van der Waals surface area contributed by atoms with Gasteiger partial charge in [-0.1, -0.05) is 31.4 Å². The Morgan fingerprint density at radius 2 is 2.11 bits per heavy atom. The zero-order chi connectivity index (χ0) is 13.7. The molecule has 0 radical (unpaired) electrons. The number of nitrogens with one attached hydrogen (secondary N) is 1. The van der Waals surface area contributed by atoms with E-state index in [-0.39, 0.29) is 11.6 Å². The first-order valence-corrected chi connectivity index (χ1v) is 8.54. The summed E-state index contributed by atoms with van der Waals surface area (Å²) >= 11 is 7.80. The van der Waals surface area contributed by atoms with Crippen molar-refractivity contribution < 1.29 is 4.74 Å². The van der Waals surface area contributed by atoms with E-state index in [9.17, 15) is 0 Å². The van der Waals surface area contributed by atoms with E-state index in [1.807, 2.05) is 6.07 Å². The largest absolute Gasteiger partial charge is 0.373 e. The highest BCUT2D eigenvalue weighted by molar-refractivity contribution is 7.16. The number of hydrogen-bond donors (Lipinski definition) is 1. The Balaban J connectivity index is 2.24. The second kappa shape index (κ2) is 7.07. The molecule has 1 aromatic heterocycles. The van der Waals surface area contributed by atoms with Gasteiger partial charge in [-0.05, 0) is 44.9 Å². The van der Waals surface area contributed by atoms with Crippen LogP contribution in [0.15, 0.2) is 12.1 Å². The molecule has 1 aliphatic rings. The molecule has 1 aromatic rings. The van der Waals surface area contributed by atoms with Crippen LogP contribution in [-0.4, -0.2) is 18.8 Å². The highest BCUT2D eigenvalue weighted by Gasteiger charge is 2.43. The molecule has 19 heavy (non-hydrogen) atoms. The molecule has 0 aliphatic heterocycles. The summed E-state index contributed by atoms with van der Waals surface area (Å²) in [6.45, 7) is 6.10. The zero-order valence-corrected chi connectivity index (χ0v) is 13.4. The van der Waals surface area contributed by atoms with Gasteiger partial charge in [-0.15, -0.1) is 11.3 Å². The summed E-state index contributed by atoms with van der Waals surface area (Å²) < 4.78 is 7.08. The van der Waals surface area contributed by atoms with Crippen molar-refractivity contribution in [1.82, 2.24) is 5.32 Å². The number of ether oxygens (including phenoxy) is 1. The molecule has 1 unspecified atom stereocenters. The molecule has 2 rings (SSSR count). The third kappa shape index (κ3) is 3.52. The first kappa shape index (κ1) is 15.3. The van der Waals surface area contributed by atoms with E-state index in [0.717, 1.165) is 36.8 Å². The topological polar surface area (TPSA) is 21.3 Å². The van der Waals surface area contributed by atoms with Crippen LogP contribution in [0.4, 0.5) is 0 Å². The molecule has 0 aromatic carbocycles. The molecular weight excluding hydrogens is 278 g/mol. The van der Waals surface area contributed by atoms with Crippen LogP contribution in [-0.2, 0) is 4.74 Å². The van der Waals surface area contributed by atoms with Crippen LogP contribution in [0.5, 0.6) is 0 Å². The molecule has 0 spiro atoms. The number of rotatable bonds is 7. The van der Waals surface area contributed by atoms with Gasteiger partial charge in [0.15, 0.2) is 0 Å². The summed E-state index contributed by atoms with van der Waals surface area (Å²) in [5.74, 6) is 0. The maximum Gasteiger partial charge on any atom is 0.0931 e. The fourth-order valence-corrected chi connectivity index (χ4v) is 4.34. The van der Waals surface area contributed by atoms with Crippen molar-refractivity contribution in [3.05, 3.63) is 21.3 Å². The van der Waals surface area contributed by atoms with E-state index in [2.05, 4.69) is 25.2 Å². The zero-order valence-electron chi connectivity index (χ0n) is 11.9.